The van der Waals surface area contributed by atoms with E-state index in [4.69, 9.17) is 4.74 Å². The molecule has 1 rings (SSSR count). The summed E-state index contributed by atoms with van der Waals surface area (Å²) >= 11 is 0. The summed E-state index contributed by atoms with van der Waals surface area (Å²) in [5.41, 5.74) is 0. The van der Waals surface area contributed by atoms with Crippen LogP contribution in [0.5, 0.6) is 0 Å². The maximum atomic E-state index is 12.0. The molecular weight excluding hydrogens is 232 g/mol. The van der Waals surface area contributed by atoms with Crippen LogP contribution in [-0.2, 0) is 14.3 Å². The predicted octanol–water partition coefficient (Wildman–Crippen LogP) is 0.642. The van der Waals surface area contributed by atoms with Crippen LogP contribution < -0.4 is 5.32 Å². The van der Waals surface area contributed by atoms with Gasteiger partial charge in [0.25, 0.3) is 0 Å². The number of hydrogen-bond acceptors (Lipinski definition) is 3. The zero-order chi connectivity index (χ0) is 13.7. The number of likely N-dealkylation sites (tertiary alicyclic amines) is 1. The fraction of sp³-hybridized carbons (Fsp3) is 0.846. The molecule has 0 aromatic rings. The van der Waals surface area contributed by atoms with Gasteiger partial charge >= 0.3 is 0 Å². The Morgan fingerprint density at radius 3 is 2.72 bits per heavy atom. The molecule has 0 aromatic heterocycles. The SMILES string of the molecule is COC[C@@H](C)NC(=O)[C@H]1CC(=O)N(CC(C)C)C1. The molecule has 2 atom stereocenters. The van der Waals surface area contributed by atoms with Crippen molar-refractivity contribution in [2.45, 2.75) is 33.2 Å². The highest BCUT2D eigenvalue weighted by Crippen LogP contribution is 2.19. The van der Waals surface area contributed by atoms with E-state index in [1.165, 1.54) is 0 Å². The summed E-state index contributed by atoms with van der Waals surface area (Å²) in [4.78, 5) is 25.5. The molecular formula is C13H24N2O3. The molecule has 2 amide bonds. The van der Waals surface area contributed by atoms with Crippen molar-refractivity contribution in [1.29, 1.82) is 0 Å². The van der Waals surface area contributed by atoms with Crippen LogP contribution in [0.2, 0.25) is 0 Å². The number of nitrogens with one attached hydrogen (secondary N) is 1. The van der Waals surface area contributed by atoms with E-state index in [2.05, 4.69) is 19.2 Å². The number of methoxy groups -OCH3 is 1. The molecule has 1 heterocycles. The van der Waals surface area contributed by atoms with Crippen LogP contribution >= 0.6 is 0 Å². The molecule has 1 N–H and O–H groups in total. The Labute approximate surface area is 109 Å². The quantitative estimate of drug-likeness (QED) is 0.759. The fourth-order valence-corrected chi connectivity index (χ4v) is 2.22. The van der Waals surface area contributed by atoms with Crippen LogP contribution in [0.3, 0.4) is 0 Å². The summed E-state index contributed by atoms with van der Waals surface area (Å²) in [7, 11) is 1.60. The molecule has 1 aliphatic heterocycles. The molecule has 1 fully saturated rings. The van der Waals surface area contributed by atoms with Gasteiger partial charge in [-0.2, -0.15) is 0 Å². The Morgan fingerprint density at radius 2 is 2.17 bits per heavy atom. The van der Waals surface area contributed by atoms with Crippen LogP contribution in [0.15, 0.2) is 0 Å². The first-order chi connectivity index (χ1) is 8.43. The minimum atomic E-state index is -0.212. The van der Waals surface area contributed by atoms with E-state index < -0.39 is 0 Å². The van der Waals surface area contributed by atoms with Crippen molar-refractivity contribution in [2.75, 3.05) is 26.8 Å². The summed E-state index contributed by atoms with van der Waals surface area (Å²) in [6, 6.07) is -0.0169. The van der Waals surface area contributed by atoms with E-state index in [-0.39, 0.29) is 23.8 Å². The lowest BCUT2D eigenvalue weighted by molar-refractivity contribution is -0.129. The fourth-order valence-electron chi connectivity index (χ4n) is 2.22. The normalized spacial score (nSPS) is 21.5. The third-order valence-corrected chi connectivity index (χ3v) is 2.98. The Balaban J connectivity index is 2.44. The first kappa shape index (κ1) is 15.0. The van der Waals surface area contributed by atoms with Gasteiger partial charge in [-0.3, -0.25) is 9.59 Å². The van der Waals surface area contributed by atoms with Gasteiger partial charge in [-0.1, -0.05) is 13.8 Å². The maximum Gasteiger partial charge on any atom is 0.225 e. The Bertz CT molecular complexity index is 305. The lowest BCUT2D eigenvalue weighted by atomic mass is 10.1. The van der Waals surface area contributed by atoms with Gasteiger partial charge in [-0.05, 0) is 12.8 Å². The molecule has 0 unspecified atom stereocenters. The lowest BCUT2D eigenvalue weighted by Crippen LogP contribution is -2.40. The third-order valence-electron chi connectivity index (χ3n) is 2.98. The number of nitrogens with zero attached hydrogens (tertiary/aromatic N) is 1. The van der Waals surface area contributed by atoms with Gasteiger partial charge in [0.05, 0.1) is 12.5 Å². The minimum absolute atomic E-state index is 0.0169. The standard InChI is InChI=1S/C13H24N2O3/c1-9(2)6-15-7-11(5-12(15)16)13(17)14-10(3)8-18-4/h9-11H,5-8H2,1-4H3,(H,14,17)/t10-,11+/m1/s1. The molecule has 0 saturated carbocycles. The summed E-state index contributed by atoms with van der Waals surface area (Å²) in [6.45, 7) is 7.80. The molecule has 0 aliphatic carbocycles. The number of ether oxygens (including phenoxy) is 1. The van der Waals surface area contributed by atoms with Gasteiger partial charge in [0.2, 0.25) is 11.8 Å². The van der Waals surface area contributed by atoms with Crippen LogP contribution in [0, 0.1) is 11.8 Å². The molecule has 0 spiro atoms. The van der Waals surface area contributed by atoms with E-state index in [1.807, 2.05) is 6.92 Å². The maximum absolute atomic E-state index is 12.0. The number of carbonyl (C=O) groups excluding carboxylic acids is 2. The molecule has 5 nitrogen and oxygen atoms in total. The van der Waals surface area contributed by atoms with Crippen molar-refractivity contribution < 1.29 is 14.3 Å². The number of hydrogen-bond donors (Lipinski definition) is 1. The van der Waals surface area contributed by atoms with Crippen molar-refractivity contribution >= 4 is 11.8 Å². The second kappa shape index (κ2) is 6.73. The van der Waals surface area contributed by atoms with Gasteiger partial charge < -0.3 is 15.0 Å². The van der Waals surface area contributed by atoms with Gasteiger partial charge in [0.1, 0.15) is 0 Å². The average molecular weight is 256 g/mol. The molecule has 0 radical (unpaired) electrons. The van der Waals surface area contributed by atoms with Gasteiger partial charge in [0, 0.05) is 32.7 Å². The second-order valence-electron chi connectivity index (χ2n) is 5.46. The topological polar surface area (TPSA) is 58.6 Å². The number of carbonyl (C=O) groups is 2. The highest BCUT2D eigenvalue weighted by atomic mass is 16.5. The van der Waals surface area contributed by atoms with Gasteiger partial charge in [0.15, 0.2) is 0 Å². The molecule has 104 valence electrons. The summed E-state index contributed by atoms with van der Waals surface area (Å²) < 4.78 is 4.97. The van der Waals surface area contributed by atoms with Gasteiger partial charge in [-0.25, -0.2) is 0 Å². The second-order valence-corrected chi connectivity index (χ2v) is 5.46. The summed E-state index contributed by atoms with van der Waals surface area (Å²) in [6.07, 6.45) is 0.332. The van der Waals surface area contributed by atoms with Crippen molar-refractivity contribution in [3.63, 3.8) is 0 Å². The van der Waals surface area contributed by atoms with E-state index in [9.17, 15) is 9.59 Å². The van der Waals surface area contributed by atoms with E-state index in [0.717, 1.165) is 6.54 Å². The smallest absolute Gasteiger partial charge is 0.225 e. The van der Waals surface area contributed by atoms with Crippen LogP contribution in [-0.4, -0.2) is 49.6 Å². The van der Waals surface area contributed by atoms with E-state index in [0.29, 0.717) is 25.5 Å². The summed E-state index contributed by atoms with van der Waals surface area (Å²) in [5.74, 6) is 0.265. The van der Waals surface area contributed by atoms with Gasteiger partial charge in [-0.15, -0.1) is 0 Å². The average Bonchev–Trinajstić information content (AvgIpc) is 2.60. The predicted molar refractivity (Wildman–Crippen MR) is 69.0 cm³/mol. The third kappa shape index (κ3) is 4.29. The molecule has 5 heteroatoms. The number of rotatable bonds is 6. The monoisotopic (exact) mass is 256 g/mol. The highest BCUT2D eigenvalue weighted by molar-refractivity contribution is 5.89. The van der Waals surface area contributed by atoms with Crippen molar-refractivity contribution in [3.8, 4) is 0 Å². The largest absolute Gasteiger partial charge is 0.383 e. The molecule has 1 aliphatic rings. The van der Waals surface area contributed by atoms with Crippen molar-refractivity contribution in [1.82, 2.24) is 10.2 Å². The molecule has 0 aromatic carbocycles. The lowest BCUT2D eigenvalue weighted by Gasteiger charge is -2.19. The minimum Gasteiger partial charge on any atom is -0.383 e. The Morgan fingerprint density at radius 1 is 1.50 bits per heavy atom. The van der Waals surface area contributed by atoms with Crippen LogP contribution in [0.1, 0.15) is 27.2 Å². The zero-order valence-corrected chi connectivity index (χ0v) is 11.7. The highest BCUT2D eigenvalue weighted by Gasteiger charge is 2.34. The zero-order valence-electron chi connectivity index (χ0n) is 11.7. The van der Waals surface area contributed by atoms with Crippen molar-refractivity contribution in [3.05, 3.63) is 0 Å². The summed E-state index contributed by atoms with van der Waals surface area (Å²) in [5, 5.41) is 2.87. The molecule has 0 bridgehead atoms. The Hall–Kier alpha value is -1.10. The van der Waals surface area contributed by atoms with Crippen LogP contribution in [0.25, 0.3) is 0 Å². The first-order valence-electron chi connectivity index (χ1n) is 6.51. The van der Waals surface area contributed by atoms with Crippen molar-refractivity contribution in [2.24, 2.45) is 11.8 Å². The van der Waals surface area contributed by atoms with E-state index >= 15 is 0 Å². The first-order valence-corrected chi connectivity index (χ1v) is 6.51. The van der Waals surface area contributed by atoms with E-state index in [1.54, 1.807) is 12.0 Å². The van der Waals surface area contributed by atoms with Crippen LogP contribution in [0.4, 0.5) is 0 Å². The Kier molecular flexibility index (Phi) is 5.59. The number of amides is 2. The molecule has 18 heavy (non-hydrogen) atoms. The molecule has 1 saturated heterocycles.